The molecule has 4 heterocycles. The van der Waals surface area contributed by atoms with Gasteiger partial charge in [-0.3, -0.25) is 9.36 Å². The SMILES string of the molecule is CO.Cc1cc(C)n(Cc2cccc(-c3cccc(Cn4nc(C)cc4C)n3)n2)n1.[Fe+2].[N-]=C=S.[N-]=C=S. The van der Waals surface area contributed by atoms with Crippen LogP contribution in [0.15, 0.2) is 48.5 Å². The third-order valence-electron chi connectivity index (χ3n) is 4.71. The molecule has 0 amide bonds. The normalized spacial score (nSPS) is 9.03. The summed E-state index contributed by atoms with van der Waals surface area (Å²) in [6.07, 6.45) is 0. The van der Waals surface area contributed by atoms with Crippen LogP contribution in [0.25, 0.3) is 22.2 Å². The van der Waals surface area contributed by atoms with Crippen molar-refractivity contribution in [1.29, 1.82) is 0 Å². The van der Waals surface area contributed by atoms with E-state index in [4.69, 9.17) is 25.9 Å². The van der Waals surface area contributed by atoms with E-state index in [1.54, 1.807) is 0 Å². The van der Waals surface area contributed by atoms with E-state index >= 15 is 0 Å². The van der Waals surface area contributed by atoms with Gasteiger partial charge < -0.3 is 15.9 Å². The number of aliphatic hydroxyl groups excluding tert-OH is 1. The first-order chi connectivity index (χ1) is 17.3. The summed E-state index contributed by atoms with van der Waals surface area (Å²) in [5, 5.41) is 33.0. The Balaban J connectivity index is 0.00000129. The first kappa shape index (κ1) is 33.8. The maximum atomic E-state index is 7.13. The van der Waals surface area contributed by atoms with Crippen LogP contribution >= 0.6 is 24.4 Å². The zero-order valence-corrected chi connectivity index (χ0v) is 24.0. The molecule has 0 saturated carbocycles. The van der Waals surface area contributed by atoms with Crippen LogP contribution in [-0.2, 0) is 30.2 Å². The number of thiocarbonyl (C=S) groups is 2. The van der Waals surface area contributed by atoms with Crippen LogP contribution in [0.2, 0.25) is 0 Å². The number of pyridine rings is 2. The number of aryl methyl sites for hydroxylation is 4. The molecule has 4 aromatic rings. The summed E-state index contributed by atoms with van der Waals surface area (Å²) in [6, 6.07) is 16.3. The zero-order chi connectivity index (χ0) is 27.1. The average Bonchev–Trinajstić information content (AvgIpc) is 3.34. The van der Waals surface area contributed by atoms with Crippen LogP contribution < -0.4 is 0 Å². The average molecular weight is 577 g/mol. The van der Waals surface area contributed by atoms with E-state index in [-0.39, 0.29) is 17.1 Å². The van der Waals surface area contributed by atoms with Crippen LogP contribution in [0, 0.1) is 27.7 Å². The number of hydrogen-bond donors (Lipinski definition) is 1. The Bertz CT molecular complexity index is 1220. The van der Waals surface area contributed by atoms with Crippen molar-refractivity contribution in [2.24, 2.45) is 0 Å². The van der Waals surface area contributed by atoms with Gasteiger partial charge in [-0.1, -0.05) is 36.6 Å². The van der Waals surface area contributed by atoms with Crippen molar-refractivity contribution in [2.45, 2.75) is 40.8 Å². The van der Waals surface area contributed by atoms with E-state index in [0.29, 0.717) is 13.1 Å². The molecule has 0 aliphatic carbocycles. The van der Waals surface area contributed by atoms with E-state index in [1.807, 2.05) is 59.6 Å². The number of isothiocyanates is 2. The topological polar surface area (TPSA) is 126 Å². The summed E-state index contributed by atoms with van der Waals surface area (Å²) in [7, 11) is 1.00. The molecule has 194 valence electrons. The molecule has 0 bridgehead atoms. The van der Waals surface area contributed by atoms with Crippen molar-refractivity contribution in [3.63, 3.8) is 0 Å². The van der Waals surface area contributed by atoms with E-state index < -0.39 is 0 Å². The summed E-state index contributed by atoms with van der Waals surface area (Å²) in [6.45, 7) is 9.44. The van der Waals surface area contributed by atoms with Gasteiger partial charge in [-0.2, -0.15) is 20.5 Å². The second-order valence-electron chi connectivity index (χ2n) is 7.38. The molecule has 0 aromatic carbocycles. The van der Waals surface area contributed by atoms with E-state index in [2.05, 4.69) is 60.6 Å². The summed E-state index contributed by atoms with van der Waals surface area (Å²) in [5.74, 6) is 0. The van der Waals surface area contributed by atoms with Crippen molar-refractivity contribution in [3.05, 3.63) is 93.5 Å². The fraction of sp³-hybridized carbons (Fsp3) is 0.280. The zero-order valence-electron chi connectivity index (χ0n) is 21.2. The monoisotopic (exact) mass is 576 g/mol. The minimum Gasteiger partial charge on any atom is -0.753 e. The molecule has 0 aliphatic heterocycles. The number of rotatable bonds is 5. The Hall–Kier alpha value is -3.20. The summed E-state index contributed by atoms with van der Waals surface area (Å²) in [4.78, 5) is 9.63. The third-order valence-corrected chi connectivity index (χ3v) is 4.71. The second kappa shape index (κ2) is 18.1. The fourth-order valence-corrected chi connectivity index (χ4v) is 3.40. The van der Waals surface area contributed by atoms with Gasteiger partial charge >= 0.3 is 17.1 Å². The second-order valence-corrected chi connectivity index (χ2v) is 7.75. The number of hydrogen-bond acceptors (Lipinski definition) is 7. The van der Waals surface area contributed by atoms with Crippen LogP contribution in [0.4, 0.5) is 0 Å². The molecule has 0 atom stereocenters. The van der Waals surface area contributed by atoms with Gasteiger partial charge in [0.25, 0.3) is 0 Å². The Morgan fingerprint density at radius 3 is 1.32 bits per heavy atom. The summed E-state index contributed by atoms with van der Waals surface area (Å²) < 4.78 is 3.96. The van der Waals surface area contributed by atoms with Gasteiger partial charge in [0.15, 0.2) is 0 Å². The van der Waals surface area contributed by atoms with Crippen LogP contribution in [0.3, 0.4) is 0 Å². The Kier molecular flexibility index (Phi) is 16.5. The molecule has 12 heteroatoms. The molecular formula is C25H28FeN8OS2. The standard InChI is InChI=1S/C22H24N6.2CNS.CH4O.Fe/c1-15-11-17(3)27(25-15)13-19-7-5-9-21(23-19)22-10-6-8-20(24-22)14-28-18(4)12-16(2)26-28;2*2-1-3;1-2;/h5-12H,13-14H2,1-4H3;;;2H,1H3;/q;2*-1;;+2. The van der Waals surface area contributed by atoms with E-state index in [0.717, 1.165) is 52.7 Å². The molecule has 0 unspecified atom stereocenters. The Labute approximate surface area is 238 Å². The summed E-state index contributed by atoms with van der Waals surface area (Å²) in [5.41, 5.74) is 7.98. The molecule has 4 aromatic heterocycles. The van der Waals surface area contributed by atoms with Gasteiger partial charge in [-0.15, -0.1) is 0 Å². The maximum Gasteiger partial charge on any atom is 2.00 e. The van der Waals surface area contributed by atoms with Gasteiger partial charge in [0.1, 0.15) is 0 Å². The fourth-order valence-electron chi connectivity index (χ4n) is 3.40. The first-order valence-corrected chi connectivity index (χ1v) is 11.5. The Morgan fingerprint density at radius 2 is 1.05 bits per heavy atom. The molecular weight excluding hydrogens is 548 g/mol. The first-order valence-electron chi connectivity index (χ1n) is 10.7. The Morgan fingerprint density at radius 1 is 0.730 bits per heavy atom. The molecule has 4 rings (SSSR count). The molecule has 0 aliphatic rings. The van der Waals surface area contributed by atoms with Gasteiger partial charge in [0.05, 0.1) is 47.3 Å². The molecule has 0 saturated heterocycles. The molecule has 0 radical (unpaired) electrons. The van der Waals surface area contributed by atoms with Crippen molar-refractivity contribution in [1.82, 2.24) is 29.5 Å². The van der Waals surface area contributed by atoms with Crippen molar-refractivity contribution in [2.75, 3.05) is 7.11 Å². The smallest absolute Gasteiger partial charge is 0.753 e. The van der Waals surface area contributed by atoms with Gasteiger partial charge in [-0.05, 0) is 64.1 Å². The molecule has 37 heavy (non-hydrogen) atoms. The maximum absolute atomic E-state index is 7.13. The quantitative estimate of drug-likeness (QED) is 0.206. The predicted molar refractivity (Wildman–Crippen MR) is 149 cm³/mol. The molecule has 0 spiro atoms. The number of aromatic nitrogens is 6. The van der Waals surface area contributed by atoms with Gasteiger partial charge in [0.2, 0.25) is 0 Å². The van der Waals surface area contributed by atoms with E-state index in [9.17, 15) is 0 Å². The summed E-state index contributed by atoms with van der Waals surface area (Å²) >= 11 is 7.40. The number of nitrogens with zero attached hydrogens (tertiary/aromatic N) is 8. The van der Waals surface area contributed by atoms with Crippen LogP contribution in [0.5, 0.6) is 0 Å². The molecule has 0 fully saturated rings. The largest absolute Gasteiger partial charge is 2.00 e. The predicted octanol–water partition coefficient (Wildman–Crippen LogP) is 4.79. The van der Waals surface area contributed by atoms with Crippen molar-refractivity contribution >= 4 is 34.8 Å². The van der Waals surface area contributed by atoms with E-state index in [1.165, 1.54) is 10.3 Å². The minimum absolute atomic E-state index is 0. The molecule has 9 nitrogen and oxygen atoms in total. The minimum atomic E-state index is 0. The third kappa shape index (κ3) is 11.2. The molecule has 1 N–H and O–H groups in total. The van der Waals surface area contributed by atoms with Crippen molar-refractivity contribution in [3.8, 4) is 11.4 Å². The van der Waals surface area contributed by atoms with Crippen molar-refractivity contribution < 1.29 is 22.2 Å². The number of aliphatic hydroxyl groups is 1. The van der Waals surface area contributed by atoms with Gasteiger partial charge in [0, 0.05) is 18.5 Å². The van der Waals surface area contributed by atoms with Gasteiger partial charge in [-0.25, -0.2) is 9.97 Å². The van der Waals surface area contributed by atoms with Crippen LogP contribution in [-0.4, -0.2) is 52.1 Å². The van der Waals surface area contributed by atoms with Crippen LogP contribution in [0.1, 0.15) is 34.2 Å².